The number of nitrogens with one attached hydrogen (secondary N) is 3. The largest absolute Gasteiger partial charge is 0.484 e. The number of ether oxygens (including phenoxy) is 1. The van der Waals surface area contributed by atoms with Crippen LogP contribution >= 0.6 is 12.2 Å². The topological polar surface area (TPSA) is 74.8 Å². The molecule has 0 aromatic heterocycles. The van der Waals surface area contributed by atoms with Crippen LogP contribution in [0.5, 0.6) is 5.75 Å². The molecule has 0 unspecified atom stereocenters. The number of amides is 1. The molecule has 0 heterocycles. The molecule has 0 radical (unpaired) electrons. The van der Waals surface area contributed by atoms with Crippen LogP contribution in [0.4, 0.5) is 5.69 Å². The third-order valence-electron chi connectivity index (χ3n) is 3.30. The molecule has 6 nitrogen and oxygen atoms in total. The van der Waals surface area contributed by atoms with Gasteiger partial charge in [-0.15, -0.1) is 0 Å². The van der Waals surface area contributed by atoms with Crippen molar-refractivity contribution in [3.05, 3.63) is 59.7 Å². The predicted octanol–water partition coefficient (Wildman–Crippen LogP) is 2.83. The first-order chi connectivity index (χ1) is 12.6. The number of hydrazone groups is 1. The summed E-state index contributed by atoms with van der Waals surface area (Å²) >= 11 is 5.01. The molecule has 0 aliphatic carbocycles. The lowest BCUT2D eigenvalue weighted by Crippen LogP contribution is -2.31. The second-order valence-electron chi connectivity index (χ2n) is 5.50. The molecule has 2 rings (SSSR count). The van der Waals surface area contributed by atoms with Crippen molar-refractivity contribution in [3.8, 4) is 5.75 Å². The van der Waals surface area contributed by atoms with Gasteiger partial charge in [-0.1, -0.05) is 17.7 Å². The molecule has 2 aromatic rings. The summed E-state index contributed by atoms with van der Waals surface area (Å²) in [4.78, 5) is 11.9. The normalized spacial score (nSPS) is 10.4. The fourth-order valence-corrected chi connectivity index (χ4v) is 2.20. The van der Waals surface area contributed by atoms with Crippen molar-refractivity contribution in [2.75, 3.05) is 18.5 Å². The van der Waals surface area contributed by atoms with Crippen LogP contribution < -0.4 is 20.8 Å². The monoisotopic (exact) mass is 370 g/mol. The van der Waals surface area contributed by atoms with Crippen molar-refractivity contribution in [1.29, 1.82) is 0 Å². The maximum atomic E-state index is 11.9. The highest BCUT2D eigenvalue weighted by Crippen LogP contribution is 2.12. The Kier molecular flexibility index (Phi) is 7.57. The summed E-state index contributed by atoms with van der Waals surface area (Å²) in [7, 11) is 0. The van der Waals surface area contributed by atoms with Crippen LogP contribution in [0.3, 0.4) is 0 Å². The number of thiocarbonyl (C=S) groups is 1. The second kappa shape index (κ2) is 10.1. The van der Waals surface area contributed by atoms with E-state index < -0.39 is 0 Å². The number of hydrogen-bond acceptors (Lipinski definition) is 4. The lowest BCUT2D eigenvalue weighted by atomic mass is 10.2. The molecular weight excluding hydrogens is 348 g/mol. The maximum absolute atomic E-state index is 11.9. The van der Waals surface area contributed by atoms with Crippen LogP contribution in [0, 0.1) is 6.92 Å². The van der Waals surface area contributed by atoms with Crippen LogP contribution in [0.15, 0.2) is 53.6 Å². The van der Waals surface area contributed by atoms with Crippen LogP contribution in [-0.2, 0) is 4.79 Å². The Morgan fingerprint density at radius 3 is 2.50 bits per heavy atom. The maximum Gasteiger partial charge on any atom is 0.262 e. The van der Waals surface area contributed by atoms with E-state index in [2.05, 4.69) is 21.2 Å². The summed E-state index contributed by atoms with van der Waals surface area (Å²) in [5.74, 6) is 0.401. The molecule has 0 fully saturated rings. The number of carbonyl (C=O) groups excluding carboxylic acids is 1. The Balaban J connectivity index is 1.77. The molecule has 1 amide bonds. The summed E-state index contributed by atoms with van der Waals surface area (Å²) in [6.07, 6.45) is 1.65. The van der Waals surface area contributed by atoms with Crippen molar-refractivity contribution >= 4 is 35.1 Å². The van der Waals surface area contributed by atoms with Gasteiger partial charge < -0.3 is 15.4 Å². The minimum Gasteiger partial charge on any atom is -0.484 e. The van der Waals surface area contributed by atoms with Gasteiger partial charge in [-0.25, -0.2) is 0 Å². The van der Waals surface area contributed by atoms with E-state index >= 15 is 0 Å². The molecule has 0 saturated carbocycles. The summed E-state index contributed by atoms with van der Waals surface area (Å²) in [5, 5.41) is 10.2. The molecule has 0 aliphatic heterocycles. The van der Waals surface area contributed by atoms with E-state index in [0.29, 0.717) is 10.9 Å². The Hall–Kier alpha value is -2.93. The van der Waals surface area contributed by atoms with Crippen molar-refractivity contribution in [2.45, 2.75) is 13.8 Å². The minimum atomic E-state index is -0.208. The zero-order valence-corrected chi connectivity index (χ0v) is 15.6. The number of carbonyl (C=O) groups is 1. The molecule has 2 aromatic carbocycles. The lowest BCUT2D eigenvalue weighted by Gasteiger charge is -2.08. The predicted molar refractivity (Wildman–Crippen MR) is 109 cm³/mol. The van der Waals surface area contributed by atoms with E-state index in [4.69, 9.17) is 17.0 Å². The standard InChI is InChI=1S/C19H22N4O2S/c1-3-20-19(26)23-21-12-15-6-10-17(11-7-15)25-13-18(24)22-16-8-4-14(2)5-9-16/h4-12H,3,13H2,1-2H3,(H,22,24)(H2,20,23,26)/b21-12-. The molecule has 3 N–H and O–H groups in total. The molecule has 0 saturated heterocycles. The summed E-state index contributed by atoms with van der Waals surface area (Å²) < 4.78 is 5.49. The minimum absolute atomic E-state index is 0.0557. The quantitative estimate of drug-likeness (QED) is 0.397. The first-order valence-corrected chi connectivity index (χ1v) is 8.64. The smallest absolute Gasteiger partial charge is 0.262 e. The molecule has 136 valence electrons. The fraction of sp³-hybridized carbons (Fsp3) is 0.211. The van der Waals surface area contributed by atoms with Gasteiger partial charge >= 0.3 is 0 Å². The highest BCUT2D eigenvalue weighted by atomic mass is 32.1. The average Bonchev–Trinajstić information content (AvgIpc) is 2.63. The van der Waals surface area contributed by atoms with Gasteiger partial charge in [0.05, 0.1) is 6.21 Å². The van der Waals surface area contributed by atoms with Gasteiger partial charge in [-0.2, -0.15) is 5.10 Å². The van der Waals surface area contributed by atoms with Gasteiger partial charge in [0.25, 0.3) is 5.91 Å². The van der Waals surface area contributed by atoms with Gasteiger partial charge in [0.15, 0.2) is 11.7 Å². The zero-order chi connectivity index (χ0) is 18.8. The number of aryl methyl sites for hydroxylation is 1. The van der Waals surface area contributed by atoms with E-state index in [1.165, 1.54) is 0 Å². The third kappa shape index (κ3) is 6.90. The highest BCUT2D eigenvalue weighted by molar-refractivity contribution is 7.80. The van der Waals surface area contributed by atoms with E-state index in [0.717, 1.165) is 23.4 Å². The van der Waals surface area contributed by atoms with E-state index in [-0.39, 0.29) is 12.5 Å². The molecule has 0 aliphatic rings. The van der Waals surface area contributed by atoms with Gasteiger partial charge in [-0.05, 0) is 68.0 Å². The number of anilines is 1. The summed E-state index contributed by atoms with van der Waals surface area (Å²) in [6, 6.07) is 14.8. The molecule has 0 spiro atoms. The number of rotatable bonds is 7. The van der Waals surface area contributed by atoms with Crippen LogP contribution in [0.2, 0.25) is 0 Å². The van der Waals surface area contributed by atoms with Crippen molar-refractivity contribution in [2.24, 2.45) is 5.10 Å². The van der Waals surface area contributed by atoms with E-state index in [1.807, 2.05) is 50.2 Å². The van der Waals surface area contributed by atoms with Gasteiger partial charge in [-0.3, -0.25) is 10.2 Å². The molecule has 26 heavy (non-hydrogen) atoms. The van der Waals surface area contributed by atoms with Gasteiger partial charge in [0, 0.05) is 12.2 Å². The van der Waals surface area contributed by atoms with Crippen molar-refractivity contribution in [3.63, 3.8) is 0 Å². The number of nitrogens with zero attached hydrogens (tertiary/aromatic N) is 1. The van der Waals surface area contributed by atoms with Gasteiger partial charge in [0.2, 0.25) is 0 Å². The first-order valence-electron chi connectivity index (χ1n) is 8.23. The van der Waals surface area contributed by atoms with Crippen LogP contribution in [0.25, 0.3) is 0 Å². The number of benzene rings is 2. The number of hydrogen-bond donors (Lipinski definition) is 3. The molecular formula is C19H22N4O2S. The lowest BCUT2D eigenvalue weighted by molar-refractivity contribution is -0.118. The Morgan fingerprint density at radius 2 is 1.85 bits per heavy atom. The van der Waals surface area contributed by atoms with E-state index in [9.17, 15) is 4.79 Å². The summed E-state index contributed by atoms with van der Waals surface area (Å²) in [6.45, 7) is 4.64. The van der Waals surface area contributed by atoms with Crippen LogP contribution in [-0.4, -0.2) is 30.4 Å². The second-order valence-corrected chi connectivity index (χ2v) is 5.91. The SMILES string of the molecule is CCNC(=S)N/N=C\c1ccc(OCC(=O)Nc2ccc(C)cc2)cc1. The van der Waals surface area contributed by atoms with Crippen molar-refractivity contribution in [1.82, 2.24) is 10.7 Å². The zero-order valence-electron chi connectivity index (χ0n) is 14.8. The first kappa shape index (κ1) is 19.4. The van der Waals surface area contributed by atoms with Gasteiger partial charge in [0.1, 0.15) is 5.75 Å². The van der Waals surface area contributed by atoms with E-state index in [1.54, 1.807) is 18.3 Å². The highest BCUT2D eigenvalue weighted by Gasteiger charge is 2.03. The summed E-state index contributed by atoms with van der Waals surface area (Å²) in [5.41, 5.74) is 5.49. The van der Waals surface area contributed by atoms with Crippen molar-refractivity contribution < 1.29 is 9.53 Å². The Labute approximate surface area is 158 Å². The molecule has 0 bridgehead atoms. The fourth-order valence-electron chi connectivity index (χ4n) is 2.00. The third-order valence-corrected chi connectivity index (χ3v) is 3.54. The molecule has 7 heteroatoms. The average molecular weight is 370 g/mol. The van der Waals surface area contributed by atoms with Crippen LogP contribution in [0.1, 0.15) is 18.1 Å². The Bertz CT molecular complexity index is 758. The Morgan fingerprint density at radius 1 is 1.15 bits per heavy atom. The molecule has 0 atom stereocenters.